The summed E-state index contributed by atoms with van der Waals surface area (Å²) in [5, 5.41) is 12.1. The summed E-state index contributed by atoms with van der Waals surface area (Å²) in [6.45, 7) is 2.04. The quantitative estimate of drug-likeness (QED) is 0.797. The van der Waals surface area contributed by atoms with Crippen LogP contribution in [0.5, 0.6) is 0 Å². The number of benzene rings is 1. The molecule has 1 atom stereocenters. The van der Waals surface area contributed by atoms with Crippen molar-refractivity contribution >= 4 is 39.1 Å². The second-order valence-electron chi connectivity index (χ2n) is 5.85. The van der Waals surface area contributed by atoms with Gasteiger partial charge >= 0.3 is 0 Å². The lowest BCUT2D eigenvalue weighted by atomic mass is 9.97. The number of rotatable bonds is 5. The van der Waals surface area contributed by atoms with Crippen LogP contribution in [0.4, 0.5) is 0 Å². The number of aliphatic hydroxyl groups excluding tert-OH is 1. The zero-order valence-electron chi connectivity index (χ0n) is 13.2. The zero-order chi connectivity index (χ0) is 17.9. The van der Waals surface area contributed by atoms with Gasteiger partial charge in [0.1, 0.15) is 4.90 Å². The van der Waals surface area contributed by atoms with E-state index in [-0.39, 0.29) is 47.5 Å². The number of nitrogens with one attached hydrogen (secondary N) is 1. The Morgan fingerprint density at radius 2 is 2.00 bits per heavy atom. The lowest BCUT2D eigenvalue weighted by Gasteiger charge is -2.31. The standard InChI is InChI=1S/C15H20Cl2N2O4S/c1-10(9-20)18-15(21)11-4-6-19(7-5-11)24(22,23)14-8-12(16)2-3-13(14)17/h2-3,8,10-11,20H,4-7,9H2,1H3,(H,18,21). The lowest BCUT2D eigenvalue weighted by Crippen LogP contribution is -2.45. The Bertz CT molecular complexity index is 703. The minimum atomic E-state index is -3.75. The minimum Gasteiger partial charge on any atom is -0.394 e. The molecule has 1 unspecified atom stereocenters. The van der Waals surface area contributed by atoms with E-state index in [1.54, 1.807) is 6.92 Å². The van der Waals surface area contributed by atoms with Gasteiger partial charge in [0, 0.05) is 30.1 Å². The van der Waals surface area contributed by atoms with E-state index in [1.165, 1.54) is 22.5 Å². The van der Waals surface area contributed by atoms with Crippen molar-refractivity contribution in [1.82, 2.24) is 9.62 Å². The SMILES string of the molecule is CC(CO)NC(=O)C1CCN(S(=O)(=O)c2cc(Cl)ccc2Cl)CC1. The van der Waals surface area contributed by atoms with Crippen LogP contribution in [0.1, 0.15) is 19.8 Å². The van der Waals surface area contributed by atoms with E-state index in [4.69, 9.17) is 28.3 Å². The largest absolute Gasteiger partial charge is 0.394 e. The van der Waals surface area contributed by atoms with Crippen molar-refractivity contribution in [2.45, 2.75) is 30.7 Å². The van der Waals surface area contributed by atoms with E-state index in [1.807, 2.05) is 0 Å². The van der Waals surface area contributed by atoms with Crippen LogP contribution < -0.4 is 5.32 Å². The van der Waals surface area contributed by atoms with Crippen molar-refractivity contribution < 1.29 is 18.3 Å². The molecule has 6 nitrogen and oxygen atoms in total. The highest BCUT2D eigenvalue weighted by molar-refractivity contribution is 7.89. The first-order valence-corrected chi connectivity index (χ1v) is 9.81. The van der Waals surface area contributed by atoms with Gasteiger partial charge in [-0.1, -0.05) is 23.2 Å². The van der Waals surface area contributed by atoms with Crippen LogP contribution in [0.2, 0.25) is 10.0 Å². The van der Waals surface area contributed by atoms with Gasteiger partial charge in [-0.25, -0.2) is 8.42 Å². The van der Waals surface area contributed by atoms with Crippen molar-refractivity contribution in [3.05, 3.63) is 28.2 Å². The molecule has 2 rings (SSSR count). The number of hydrogen-bond acceptors (Lipinski definition) is 4. The molecule has 1 aromatic carbocycles. The molecule has 0 aromatic heterocycles. The average Bonchev–Trinajstić information content (AvgIpc) is 2.56. The van der Waals surface area contributed by atoms with Crippen molar-refractivity contribution in [3.8, 4) is 0 Å². The Morgan fingerprint density at radius 3 is 2.58 bits per heavy atom. The van der Waals surface area contributed by atoms with Crippen LogP contribution in [0.25, 0.3) is 0 Å². The van der Waals surface area contributed by atoms with E-state index in [2.05, 4.69) is 5.32 Å². The molecule has 1 amide bonds. The first-order valence-electron chi connectivity index (χ1n) is 7.62. The van der Waals surface area contributed by atoms with Gasteiger partial charge in [-0.05, 0) is 38.0 Å². The normalized spacial score (nSPS) is 18.3. The summed E-state index contributed by atoms with van der Waals surface area (Å²) in [6.07, 6.45) is 0.836. The number of halogens is 2. The van der Waals surface area contributed by atoms with Gasteiger partial charge in [0.25, 0.3) is 0 Å². The predicted octanol–water partition coefficient (Wildman–Crippen LogP) is 1.89. The number of sulfonamides is 1. The molecule has 0 radical (unpaired) electrons. The number of hydrogen-bond donors (Lipinski definition) is 2. The molecule has 0 saturated carbocycles. The number of piperidine rings is 1. The van der Waals surface area contributed by atoms with E-state index in [0.29, 0.717) is 17.9 Å². The van der Waals surface area contributed by atoms with Crippen molar-refractivity contribution in [1.29, 1.82) is 0 Å². The van der Waals surface area contributed by atoms with Crippen LogP contribution in [0.15, 0.2) is 23.1 Å². The molecular formula is C15H20Cl2N2O4S. The van der Waals surface area contributed by atoms with Crippen LogP contribution in [0, 0.1) is 5.92 Å². The zero-order valence-corrected chi connectivity index (χ0v) is 15.5. The summed E-state index contributed by atoms with van der Waals surface area (Å²) in [5.41, 5.74) is 0. The number of amides is 1. The van der Waals surface area contributed by atoms with Crippen molar-refractivity contribution in [2.24, 2.45) is 5.92 Å². The summed E-state index contributed by atoms with van der Waals surface area (Å²) >= 11 is 11.9. The maximum absolute atomic E-state index is 12.7. The first-order chi connectivity index (χ1) is 11.3. The van der Waals surface area contributed by atoms with E-state index >= 15 is 0 Å². The van der Waals surface area contributed by atoms with E-state index in [9.17, 15) is 13.2 Å². The lowest BCUT2D eigenvalue weighted by molar-refractivity contribution is -0.127. The third-order valence-corrected chi connectivity index (χ3v) is 6.61. The first kappa shape index (κ1) is 19.5. The number of carbonyl (C=O) groups is 1. The second-order valence-corrected chi connectivity index (χ2v) is 8.60. The topological polar surface area (TPSA) is 86.7 Å². The molecule has 0 bridgehead atoms. The van der Waals surface area contributed by atoms with Gasteiger partial charge in [0.2, 0.25) is 15.9 Å². The number of carbonyl (C=O) groups excluding carboxylic acids is 1. The Kier molecular flexibility index (Phi) is 6.50. The fourth-order valence-electron chi connectivity index (χ4n) is 2.58. The summed E-state index contributed by atoms with van der Waals surface area (Å²) in [5.74, 6) is -0.422. The van der Waals surface area contributed by atoms with Crippen LogP contribution in [-0.2, 0) is 14.8 Å². The third kappa shape index (κ3) is 4.40. The molecule has 0 aliphatic carbocycles. The Labute approximate surface area is 151 Å². The molecular weight excluding hydrogens is 375 g/mol. The maximum Gasteiger partial charge on any atom is 0.244 e. The molecule has 1 saturated heterocycles. The molecule has 24 heavy (non-hydrogen) atoms. The van der Waals surface area contributed by atoms with E-state index < -0.39 is 10.0 Å². The fraction of sp³-hybridized carbons (Fsp3) is 0.533. The predicted molar refractivity (Wildman–Crippen MR) is 92.6 cm³/mol. The summed E-state index contributed by atoms with van der Waals surface area (Å²) < 4.78 is 26.7. The molecule has 1 heterocycles. The minimum absolute atomic E-state index is 0.0199. The van der Waals surface area contributed by atoms with Crippen LogP contribution >= 0.6 is 23.2 Å². The van der Waals surface area contributed by atoms with Crippen molar-refractivity contribution in [2.75, 3.05) is 19.7 Å². The Hall–Kier alpha value is -0.860. The average molecular weight is 395 g/mol. The smallest absolute Gasteiger partial charge is 0.244 e. The molecule has 1 fully saturated rings. The molecule has 1 aromatic rings. The third-order valence-electron chi connectivity index (χ3n) is 4.00. The van der Waals surface area contributed by atoms with Gasteiger partial charge in [0.15, 0.2) is 0 Å². The summed E-state index contributed by atoms with van der Waals surface area (Å²) in [6, 6.07) is 4.00. The molecule has 1 aliphatic heterocycles. The van der Waals surface area contributed by atoms with Gasteiger partial charge < -0.3 is 10.4 Å². The number of aliphatic hydroxyl groups is 1. The van der Waals surface area contributed by atoms with Gasteiger partial charge in [-0.2, -0.15) is 4.31 Å². The van der Waals surface area contributed by atoms with Gasteiger partial charge in [0.05, 0.1) is 11.6 Å². The number of nitrogens with zero attached hydrogens (tertiary/aromatic N) is 1. The molecule has 1 aliphatic rings. The highest BCUT2D eigenvalue weighted by atomic mass is 35.5. The monoisotopic (exact) mass is 394 g/mol. The summed E-state index contributed by atoms with van der Waals surface area (Å²) in [7, 11) is -3.75. The van der Waals surface area contributed by atoms with E-state index in [0.717, 1.165) is 0 Å². The van der Waals surface area contributed by atoms with Gasteiger partial charge in [-0.3, -0.25) is 4.79 Å². The fourth-order valence-corrected chi connectivity index (χ4v) is 4.79. The summed E-state index contributed by atoms with van der Waals surface area (Å²) in [4.78, 5) is 12.0. The molecule has 134 valence electrons. The second kappa shape index (κ2) is 8.01. The molecule has 2 N–H and O–H groups in total. The highest BCUT2D eigenvalue weighted by Gasteiger charge is 2.33. The Morgan fingerprint density at radius 1 is 1.38 bits per heavy atom. The van der Waals surface area contributed by atoms with Gasteiger partial charge in [-0.15, -0.1) is 0 Å². The van der Waals surface area contributed by atoms with Crippen LogP contribution in [-0.4, -0.2) is 49.5 Å². The molecule has 9 heteroatoms. The maximum atomic E-state index is 12.7. The highest BCUT2D eigenvalue weighted by Crippen LogP contribution is 2.30. The van der Waals surface area contributed by atoms with Crippen molar-refractivity contribution in [3.63, 3.8) is 0 Å². The molecule has 0 spiro atoms. The van der Waals surface area contributed by atoms with Crippen LogP contribution in [0.3, 0.4) is 0 Å². The Balaban J connectivity index is 2.06.